The Morgan fingerprint density at radius 3 is 2.68 bits per heavy atom. The van der Waals surface area contributed by atoms with Gasteiger partial charge in [0, 0.05) is 22.7 Å². The maximum absolute atomic E-state index is 11.8. The van der Waals surface area contributed by atoms with E-state index in [4.69, 9.17) is 0 Å². The molecule has 114 valence electrons. The highest BCUT2D eigenvalue weighted by atomic mass is 32.1. The summed E-state index contributed by atoms with van der Waals surface area (Å²) in [5, 5.41) is 17.5. The van der Waals surface area contributed by atoms with Crippen LogP contribution in [-0.4, -0.2) is 16.7 Å². The smallest absolute Gasteiger partial charge is 0.313 e. The molecule has 0 bridgehead atoms. The quantitative estimate of drug-likeness (QED) is 0.512. The van der Waals surface area contributed by atoms with Crippen LogP contribution in [0, 0.1) is 17.0 Å². The van der Waals surface area contributed by atoms with Gasteiger partial charge in [-0.2, -0.15) is 0 Å². The fraction of sp³-hybridized carbons (Fsp3) is 0.143. The van der Waals surface area contributed by atoms with Gasteiger partial charge in [-0.1, -0.05) is 6.07 Å². The van der Waals surface area contributed by atoms with E-state index in [1.54, 1.807) is 13.0 Å². The molecular weight excluding hydrogens is 306 g/mol. The zero-order valence-electron chi connectivity index (χ0n) is 11.7. The molecule has 2 amide bonds. The molecule has 0 saturated carbocycles. The molecule has 2 rings (SSSR count). The summed E-state index contributed by atoms with van der Waals surface area (Å²) in [6, 6.07) is 7.83. The zero-order valence-corrected chi connectivity index (χ0v) is 12.5. The molecule has 0 atom stereocenters. The summed E-state index contributed by atoms with van der Waals surface area (Å²) in [6.45, 7) is 1.93. The zero-order chi connectivity index (χ0) is 16.1. The first-order valence-corrected chi connectivity index (χ1v) is 7.21. The molecule has 1 aromatic heterocycles. The van der Waals surface area contributed by atoms with Gasteiger partial charge in [-0.25, -0.2) is 0 Å². The molecular formula is C14H13N3O4S. The number of nitro groups is 1. The minimum Gasteiger partial charge on any atom is -0.343 e. The summed E-state index contributed by atoms with van der Waals surface area (Å²) in [5.41, 5.74) is 0.681. The number of rotatable bonds is 4. The summed E-state index contributed by atoms with van der Waals surface area (Å²) in [7, 11) is 0. The number of thiophene rings is 1. The van der Waals surface area contributed by atoms with Crippen LogP contribution in [0.3, 0.4) is 0 Å². The summed E-state index contributed by atoms with van der Waals surface area (Å²) < 4.78 is 0. The first-order valence-electron chi connectivity index (χ1n) is 6.33. The Morgan fingerprint density at radius 2 is 2.05 bits per heavy atom. The summed E-state index contributed by atoms with van der Waals surface area (Å²) >= 11 is 1.47. The first-order chi connectivity index (χ1) is 10.5. The lowest BCUT2D eigenvalue weighted by Gasteiger charge is -2.06. The number of nitrogens with zero attached hydrogens (tertiary/aromatic N) is 1. The van der Waals surface area contributed by atoms with E-state index >= 15 is 0 Å². The number of hydrogen-bond donors (Lipinski definition) is 2. The van der Waals surface area contributed by atoms with Gasteiger partial charge in [-0.3, -0.25) is 19.7 Å². The molecule has 22 heavy (non-hydrogen) atoms. The standard InChI is InChI=1S/C14H13N3O4S/c1-9-5-10(7-11(6-9)17(20)21)16-14(19)13(18)15-8-12-3-2-4-22-12/h2-7H,8H2,1H3,(H,15,18)(H,16,19). The second kappa shape index (κ2) is 6.81. The minimum absolute atomic E-state index is 0.144. The lowest BCUT2D eigenvalue weighted by Crippen LogP contribution is -2.34. The predicted molar refractivity (Wildman–Crippen MR) is 82.6 cm³/mol. The molecule has 0 spiro atoms. The molecule has 7 nitrogen and oxygen atoms in total. The Labute approximate surface area is 130 Å². The molecule has 1 heterocycles. The Bertz CT molecular complexity index is 713. The molecule has 0 fully saturated rings. The summed E-state index contributed by atoms with van der Waals surface area (Å²) in [4.78, 5) is 34.6. The van der Waals surface area contributed by atoms with Crippen LogP contribution in [0.15, 0.2) is 35.7 Å². The normalized spacial score (nSPS) is 10.0. The number of carbonyl (C=O) groups excluding carboxylic acids is 2. The first kappa shape index (κ1) is 15.6. The van der Waals surface area contributed by atoms with Crippen molar-refractivity contribution < 1.29 is 14.5 Å². The van der Waals surface area contributed by atoms with E-state index in [1.165, 1.54) is 23.5 Å². The molecule has 0 radical (unpaired) electrons. The van der Waals surface area contributed by atoms with Gasteiger partial charge >= 0.3 is 11.8 Å². The van der Waals surface area contributed by atoms with Gasteiger partial charge in [0.25, 0.3) is 5.69 Å². The Hall–Kier alpha value is -2.74. The molecule has 1 aromatic carbocycles. The van der Waals surface area contributed by atoms with Gasteiger partial charge in [0.1, 0.15) is 0 Å². The molecule has 2 N–H and O–H groups in total. The van der Waals surface area contributed by atoms with Crippen molar-refractivity contribution in [2.75, 3.05) is 5.32 Å². The third-order valence-corrected chi connectivity index (χ3v) is 3.62. The number of non-ortho nitro benzene ring substituents is 1. The van der Waals surface area contributed by atoms with Crippen molar-refractivity contribution >= 4 is 34.5 Å². The highest BCUT2D eigenvalue weighted by molar-refractivity contribution is 7.09. The van der Waals surface area contributed by atoms with Crippen molar-refractivity contribution in [1.82, 2.24) is 5.32 Å². The van der Waals surface area contributed by atoms with Crippen molar-refractivity contribution in [2.24, 2.45) is 0 Å². The van der Waals surface area contributed by atoms with Gasteiger partial charge in [0.2, 0.25) is 0 Å². The van der Waals surface area contributed by atoms with Crippen LogP contribution in [-0.2, 0) is 16.1 Å². The van der Waals surface area contributed by atoms with Crippen LogP contribution in [0.25, 0.3) is 0 Å². The number of carbonyl (C=O) groups is 2. The van der Waals surface area contributed by atoms with Gasteiger partial charge in [0.05, 0.1) is 11.5 Å². The molecule has 0 aliphatic carbocycles. The van der Waals surface area contributed by atoms with Crippen molar-refractivity contribution in [3.05, 3.63) is 56.3 Å². The highest BCUT2D eigenvalue weighted by Crippen LogP contribution is 2.20. The van der Waals surface area contributed by atoms with Crippen LogP contribution < -0.4 is 10.6 Å². The second-order valence-corrected chi connectivity index (χ2v) is 5.56. The fourth-order valence-electron chi connectivity index (χ4n) is 1.79. The van der Waals surface area contributed by atoms with Crippen LogP contribution in [0.2, 0.25) is 0 Å². The van der Waals surface area contributed by atoms with Gasteiger partial charge in [-0.15, -0.1) is 11.3 Å². The average Bonchev–Trinajstić information content (AvgIpc) is 2.97. The third-order valence-electron chi connectivity index (χ3n) is 2.74. The van der Waals surface area contributed by atoms with E-state index in [0.717, 1.165) is 4.88 Å². The van der Waals surface area contributed by atoms with Crippen molar-refractivity contribution in [1.29, 1.82) is 0 Å². The SMILES string of the molecule is Cc1cc(NC(=O)C(=O)NCc2cccs2)cc([N+](=O)[O-])c1. The van der Waals surface area contributed by atoms with E-state index in [-0.39, 0.29) is 17.9 Å². The highest BCUT2D eigenvalue weighted by Gasteiger charge is 2.15. The number of nitrogens with one attached hydrogen (secondary N) is 2. The Morgan fingerprint density at radius 1 is 1.27 bits per heavy atom. The predicted octanol–water partition coefficient (Wildman–Crippen LogP) is 2.22. The molecule has 0 aliphatic heterocycles. The van der Waals surface area contributed by atoms with Crippen LogP contribution in [0.4, 0.5) is 11.4 Å². The monoisotopic (exact) mass is 319 g/mol. The van der Waals surface area contributed by atoms with E-state index in [9.17, 15) is 19.7 Å². The number of nitro benzene ring substituents is 1. The average molecular weight is 319 g/mol. The van der Waals surface area contributed by atoms with E-state index in [0.29, 0.717) is 5.56 Å². The molecule has 2 aromatic rings. The number of anilines is 1. The van der Waals surface area contributed by atoms with Gasteiger partial charge in [-0.05, 0) is 30.0 Å². The van der Waals surface area contributed by atoms with Crippen LogP contribution in [0.5, 0.6) is 0 Å². The fourth-order valence-corrected chi connectivity index (χ4v) is 2.43. The summed E-state index contributed by atoms with van der Waals surface area (Å²) in [6.07, 6.45) is 0. The number of hydrogen-bond acceptors (Lipinski definition) is 5. The summed E-state index contributed by atoms with van der Waals surface area (Å²) in [5.74, 6) is -1.66. The number of amides is 2. The number of aryl methyl sites for hydroxylation is 1. The van der Waals surface area contributed by atoms with Crippen molar-refractivity contribution in [3.8, 4) is 0 Å². The Kier molecular flexibility index (Phi) is 4.84. The number of benzene rings is 1. The van der Waals surface area contributed by atoms with E-state index < -0.39 is 16.7 Å². The van der Waals surface area contributed by atoms with Gasteiger partial charge in [0.15, 0.2) is 0 Å². The molecule has 0 aliphatic rings. The molecule has 0 unspecified atom stereocenters. The molecule has 0 saturated heterocycles. The van der Waals surface area contributed by atoms with Crippen LogP contribution in [0.1, 0.15) is 10.4 Å². The van der Waals surface area contributed by atoms with Crippen molar-refractivity contribution in [3.63, 3.8) is 0 Å². The lowest BCUT2D eigenvalue weighted by molar-refractivity contribution is -0.384. The van der Waals surface area contributed by atoms with Crippen molar-refractivity contribution in [2.45, 2.75) is 13.5 Å². The topological polar surface area (TPSA) is 101 Å². The van der Waals surface area contributed by atoms with E-state index in [2.05, 4.69) is 10.6 Å². The van der Waals surface area contributed by atoms with E-state index in [1.807, 2.05) is 17.5 Å². The minimum atomic E-state index is -0.864. The lowest BCUT2D eigenvalue weighted by atomic mass is 10.2. The second-order valence-electron chi connectivity index (χ2n) is 4.53. The largest absolute Gasteiger partial charge is 0.343 e. The third kappa shape index (κ3) is 4.13. The maximum atomic E-state index is 11.8. The Balaban J connectivity index is 1.99. The molecule has 8 heteroatoms. The van der Waals surface area contributed by atoms with Crippen LogP contribution >= 0.6 is 11.3 Å². The maximum Gasteiger partial charge on any atom is 0.313 e. The van der Waals surface area contributed by atoms with Gasteiger partial charge < -0.3 is 10.6 Å².